The lowest BCUT2D eigenvalue weighted by Crippen LogP contribution is -2.06. The minimum Gasteiger partial charge on any atom is -0.324 e. The van der Waals surface area contributed by atoms with E-state index < -0.39 is 7.14 Å². The first kappa shape index (κ1) is 9.06. The number of hydrogen-bond acceptors (Lipinski definition) is 1. The maximum absolute atomic E-state index is 11.6. The molecule has 0 N–H and O–H groups in total. The molecule has 0 unspecified atom stereocenters. The Hall–Kier alpha value is -0.0300. The summed E-state index contributed by atoms with van der Waals surface area (Å²) < 4.78 is 11.6. The minimum absolute atomic E-state index is 0.648. The molecule has 0 bridgehead atoms. The molecule has 2 heteroatoms. The van der Waals surface area contributed by atoms with Gasteiger partial charge in [-0.2, -0.15) is 0 Å². The third kappa shape index (κ3) is 2.48. The van der Waals surface area contributed by atoms with Crippen LogP contribution in [0.25, 0.3) is 0 Å². The van der Waals surface area contributed by atoms with E-state index >= 15 is 0 Å². The van der Waals surface area contributed by atoms with Crippen molar-refractivity contribution in [3.63, 3.8) is 0 Å². The highest BCUT2D eigenvalue weighted by molar-refractivity contribution is 7.63. The van der Waals surface area contributed by atoms with Gasteiger partial charge < -0.3 is 4.57 Å². The normalized spacial score (nSPS) is 32.2. The summed E-state index contributed by atoms with van der Waals surface area (Å²) in [5.74, 6) is 0.648. The Bertz CT molecular complexity index is 216. The Morgan fingerprint density at radius 3 is 2.55 bits per heavy atom. The van der Waals surface area contributed by atoms with Crippen molar-refractivity contribution in [3.8, 4) is 0 Å². The van der Waals surface area contributed by atoms with Crippen molar-refractivity contribution in [2.45, 2.75) is 20.3 Å². The fraction of sp³-hybridized carbons (Fsp3) is 0.778. The zero-order chi connectivity index (χ0) is 8.48. The summed E-state index contributed by atoms with van der Waals surface area (Å²) in [5.41, 5.74) is 1.50. The molecule has 1 rings (SSSR count). The molecule has 0 aromatic heterocycles. The van der Waals surface area contributed by atoms with Crippen LogP contribution in [-0.4, -0.2) is 19.0 Å². The van der Waals surface area contributed by atoms with Gasteiger partial charge >= 0.3 is 0 Å². The second-order valence-electron chi connectivity index (χ2n) is 3.89. The van der Waals surface area contributed by atoms with Crippen LogP contribution in [0.5, 0.6) is 0 Å². The molecule has 11 heavy (non-hydrogen) atoms. The highest BCUT2D eigenvalue weighted by Crippen LogP contribution is 2.46. The fourth-order valence-corrected chi connectivity index (χ4v) is 2.93. The third-order valence-corrected chi connectivity index (χ3v) is 4.48. The van der Waals surface area contributed by atoms with Gasteiger partial charge in [-0.25, -0.2) is 0 Å². The lowest BCUT2D eigenvalue weighted by molar-refractivity contribution is 0.576. The summed E-state index contributed by atoms with van der Waals surface area (Å²) in [7, 11) is -1.74. The van der Waals surface area contributed by atoms with Crippen molar-refractivity contribution in [2.75, 3.05) is 19.0 Å². The second-order valence-corrected chi connectivity index (χ2v) is 7.29. The molecule has 1 aliphatic rings. The van der Waals surface area contributed by atoms with E-state index in [1.165, 1.54) is 5.57 Å². The molecule has 1 nitrogen and oxygen atoms in total. The Morgan fingerprint density at radius 2 is 2.18 bits per heavy atom. The Balaban J connectivity index is 2.65. The first-order valence-electron chi connectivity index (χ1n) is 4.26. The van der Waals surface area contributed by atoms with Crippen molar-refractivity contribution in [1.82, 2.24) is 0 Å². The van der Waals surface area contributed by atoms with Gasteiger partial charge in [0.1, 0.15) is 0 Å². The molecule has 0 fully saturated rings. The summed E-state index contributed by atoms with van der Waals surface area (Å²) in [4.78, 5) is 0. The fourth-order valence-electron chi connectivity index (χ4n) is 1.39. The molecule has 0 radical (unpaired) electrons. The van der Waals surface area contributed by atoms with E-state index in [1.807, 2.05) is 6.66 Å². The van der Waals surface area contributed by atoms with Crippen molar-refractivity contribution >= 4 is 7.14 Å². The Kier molecular flexibility index (Phi) is 2.59. The van der Waals surface area contributed by atoms with Gasteiger partial charge in [0.05, 0.1) is 7.14 Å². The van der Waals surface area contributed by atoms with Crippen LogP contribution >= 0.6 is 7.14 Å². The third-order valence-electron chi connectivity index (χ3n) is 2.35. The SMILES string of the molecule is CC(C)C1=CC[P@](C)(=O)CC1. The molecule has 64 valence electrons. The molecular weight excluding hydrogens is 155 g/mol. The average molecular weight is 172 g/mol. The first-order valence-corrected chi connectivity index (χ1v) is 6.78. The van der Waals surface area contributed by atoms with Gasteiger partial charge in [-0.1, -0.05) is 25.5 Å². The number of rotatable bonds is 1. The van der Waals surface area contributed by atoms with E-state index in [-0.39, 0.29) is 0 Å². The maximum atomic E-state index is 11.6. The zero-order valence-corrected chi connectivity index (χ0v) is 8.53. The van der Waals surface area contributed by atoms with Crippen LogP contribution in [0.15, 0.2) is 11.6 Å². The summed E-state index contributed by atoms with van der Waals surface area (Å²) in [5, 5.41) is 0. The van der Waals surface area contributed by atoms with Crippen LogP contribution in [0, 0.1) is 5.92 Å². The van der Waals surface area contributed by atoms with Crippen molar-refractivity contribution in [2.24, 2.45) is 5.92 Å². The van der Waals surface area contributed by atoms with Gasteiger partial charge in [0.25, 0.3) is 0 Å². The highest BCUT2D eigenvalue weighted by Gasteiger charge is 2.20. The van der Waals surface area contributed by atoms with E-state index in [1.54, 1.807) is 0 Å². The maximum Gasteiger partial charge on any atom is 0.0887 e. The van der Waals surface area contributed by atoms with Crippen molar-refractivity contribution in [1.29, 1.82) is 0 Å². The Morgan fingerprint density at radius 1 is 1.55 bits per heavy atom. The topological polar surface area (TPSA) is 17.1 Å². The van der Waals surface area contributed by atoms with E-state index in [0.717, 1.165) is 18.7 Å². The van der Waals surface area contributed by atoms with Crippen LogP contribution in [-0.2, 0) is 4.57 Å². The van der Waals surface area contributed by atoms with E-state index in [4.69, 9.17) is 0 Å². The van der Waals surface area contributed by atoms with Crippen LogP contribution < -0.4 is 0 Å². The van der Waals surface area contributed by atoms with Gasteiger partial charge in [0, 0.05) is 12.3 Å². The predicted molar refractivity (Wildman–Crippen MR) is 50.8 cm³/mol. The standard InChI is InChI=1S/C9H17OP/c1-8(2)9-4-6-11(3,10)7-5-9/h4,8H,5-7H2,1-3H3/t11-/m0/s1. The zero-order valence-electron chi connectivity index (χ0n) is 7.63. The van der Waals surface area contributed by atoms with Gasteiger partial charge in [-0.05, 0) is 19.0 Å². The number of allylic oxidation sites excluding steroid dienone is 2. The molecule has 0 amide bonds. The average Bonchev–Trinajstić information content (AvgIpc) is 1.86. The lowest BCUT2D eigenvalue weighted by Gasteiger charge is -2.21. The van der Waals surface area contributed by atoms with Gasteiger partial charge in [-0.15, -0.1) is 0 Å². The van der Waals surface area contributed by atoms with Crippen LogP contribution in [0.1, 0.15) is 20.3 Å². The molecule has 0 saturated heterocycles. The predicted octanol–water partition coefficient (Wildman–Crippen LogP) is 2.97. The molecule has 1 atom stereocenters. The largest absolute Gasteiger partial charge is 0.324 e. The van der Waals surface area contributed by atoms with Crippen molar-refractivity contribution in [3.05, 3.63) is 11.6 Å². The molecule has 1 aliphatic heterocycles. The molecule has 0 spiro atoms. The molecular formula is C9H17OP. The molecule has 1 heterocycles. The van der Waals surface area contributed by atoms with Crippen molar-refractivity contribution < 1.29 is 4.57 Å². The Labute approximate surface area is 69.3 Å². The van der Waals surface area contributed by atoms with E-state index in [2.05, 4.69) is 19.9 Å². The summed E-state index contributed by atoms with van der Waals surface area (Å²) >= 11 is 0. The highest BCUT2D eigenvalue weighted by atomic mass is 31.2. The smallest absolute Gasteiger partial charge is 0.0887 e. The summed E-state index contributed by atoms with van der Waals surface area (Å²) in [6.07, 6.45) is 5.01. The monoisotopic (exact) mass is 172 g/mol. The second kappa shape index (κ2) is 3.15. The van der Waals surface area contributed by atoms with Gasteiger partial charge in [-0.3, -0.25) is 0 Å². The number of hydrogen-bond donors (Lipinski definition) is 0. The van der Waals surface area contributed by atoms with Crippen LogP contribution in [0.2, 0.25) is 0 Å². The molecule has 0 aromatic carbocycles. The van der Waals surface area contributed by atoms with Crippen LogP contribution in [0.3, 0.4) is 0 Å². The molecule has 0 saturated carbocycles. The molecule has 0 aliphatic carbocycles. The minimum atomic E-state index is -1.74. The van der Waals surface area contributed by atoms with E-state index in [0.29, 0.717) is 5.92 Å². The van der Waals surface area contributed by atoms with Gasteiger partial charge in [0.15, 0.2) is 0 Å². The lowest BCUT2D eigenvalue weighted by atomic mass is 10.0. The quantitative estimate of drug-likeness (QED) is 0.439. The first-order chi connectivity index (χ1) is 5.01. The summed E-state index contributed by atoms with van der Waals surface area (Å²) in [6.45, 7) is 6.33. The van der Waals surface area contributed by atoms with Gasteiger partial charge in [0.2, 0.25) is 0 Å². The van der Waals surface area contributed by atoms with E-state index in [9.17, 15) is 4.57 Å². The van der Waals surface area contributed by atoms with Crippen LogP contribution in [0.4, 0.5) is 0 Å². The summed E-state index contributed by atoms with van der Waals surface area (Å²) in [6, 6.07) is 0. The molecule has 0 aromatic rings.